The lowest BCUT2D eigenvalue weighted by Crippen LogP contribution is -2.29. The van der Waals surface area contributed by atoms with Crippen LogP contribution in [0, 0.1) is 13.8 Å². The summed E-state index contributed by atoms with van der Waals surface area (Å²) in [5.41, 5.74) is 4.72. The molecule has 0 saturated heterocycles. The van der Waals surface area contributed by atoms with Crippen LogP contribution in [0.1, 0.15) is 38.7 Å². The number of anilines is 1. The Balaban J connectivity index is 1.89. The predicted molar refractivity (Wildman–Crippen MR) is 117 cm³/mol. The van der Waals surface area contributed by atoms with E-state index in [1.165, 1.54) is 0 Å². The van der Waals surface area contributed by atoms with Crippen molar-refractivity contribution in [3.05, 3.63) is 101 Å². The lowest BCUT2D eigenvalue weighted by atomic mass is 9.97. The van der Waals surface area contributed by atoms with Crippen molar-refractivity contribution in [2.24, 2.45) is 0 Å². The zero-order valence-electron chi connectivity index (χ0n) is 16.6. The van der Waals surface area contributed by atoms with Crippen LogP contribution in [0.2, 0.25) is 0 Å². The average molecular weight is 409 g/mol. The second-order valence-electron chi connectivity index (χ2n) is 7.13. The number of aryl methyl sites for hydroxylation is 2. The molecule has 150 valence electrons. The van der Waals surface area contributed by atoms with E-state index in [-0.39, 0.29) is 11.9 Å². The number of sulfonamides is 1. The highest BCUT2D eigenvalue weighted by Gasteiger charge is 2.18. The lowest BCUT2D eigenvalue weighted by Gasteiger charge is -2.20. The SMILES string of the molecule is Cc1ccc([C@@H](NC(=O)c2ccc(NS(C)(=O)=O)c(C)c2)c2ccccc2)cc1. The summed E-state index contributed by atoms with van der Waals surface area (Å²) in [6.45, 7) is 3.79. The van der Waals surface area contributed by atoms with Gasteiger partial charge in [0.1, 0.15) is 0 Å². The molecule has 3 rings (SSSR count). The van der Waals surface area contributed by atoms with Gasteiger partial charge >= 0.3 is 0 Å². The fourth-order valence-electron chi connectivity index (χ4n) is 3.10. The van der Waals surface area contributed by atoms with Crippen LogP contribution in [-0.2, 0) is 10.0 Å². The molecule has 3 aromatic carbocycles. The average Bonchev–Trinajstić information content (AvgIpc) is 2.68. The molecule has 3 aromatic rings. The molecule has 6 heteroatoms. The molecule has 0 aliphatic heterocycles. The van der Waals surface area contributed by atoms with Crippen molar-refractivity contribution in [1.82, 2.24) is 5.32 Å². The Morgan fingerprint density at radius 3 is 2.07 bits per heavy atom. The van der Waals surface area contributed by atoms with Gasteiger partial charge in [-0.05, 0) is 48.7 Å². The van der Waals surface area contributed by atoms with Crippen LogP contribution in [0.25, 0.3) is 0 Å². The third kappa shape index (κ3) is 5.45. The molecule has 2 N–H and O–H groups in total. The smallest absolute Gasteiger partial charge is 0.252 e. The molecule has 0 saturated carbocycles. The van der Waals surface area contributed by atoms with Gasteiger partial charge in [0.2, 0.25) is 10.0 Å². The Hall–Kier alpha value is -3.12. The van der Waals surface area contributed by atoms with Gasteiger partial charge in [0.25, 0.3) is 5.91 Å². The van der Waals surface area contributed by atoms with E-state index in [1.807, 2.05) is 61.5 Å². The third-order valence-corrected chi connectivity index (χ3v) is 5.19. The Kier molecular flexibility index (Phi) is 6.03. The van der Waals surface area contributed by atoms with Gasteiger partial charge in [-0.15, -0.1) is 0 Å². The minimum atomic E-state index is -3.38. The Labute approximate surface area is 171 Å². The molecule has 5 nitrogen and oxygen atoms in total. The van der Waals surface area contributed by atoms with E-state index in [4.69, 9.17) is 0 Å². The molecule has 1 amide bonds. The first-order valence-corrected chi connectivity index (χ1v) is 11.1. The quantitative estimate of drug-likeness (QED) is 0.642. The summed E-state index contributed by atoms with van der Waals surface area (Å²) in [5.74, 6) is -0.228. The van der Waals surface area contributed by atoms with E-state index in [0.717, 1.165) is 22.9 Å². The zero-order valence-corrected chi connectivity index (χ0v) is 17.5. The Morgan fingerprint density at radius 1 is 0.862 bits per heavy atom. The van der Waals surface area contributed by atoms with Gasteiger partial charge in [0.05, 0.1) is 18.0 Å². The van der Waals surface area contributed by atoms with Crippen LogP contribution in [0.15, 0.2) is 72.8 Å². The summed E-state index contributed by atoms with van der Waals surface area (Å²) < 4.78 is 25.4. The van der Waals surface area contributed by atoms with Crippen molar-refractivity contribution in [3.8, 4) is 0 Å². The molecule has 29 heavy (non-hydrogen) atoms. The molecule has 0 radical (unpaired) electrons. The van der Waals surface area contributed by atoms with Crippen molar-refractivity contribution < 1.29 is 13.2 Å². The number of carbonyl (C=O) groups excluding carboxylic acids is 1. The van der Waals surface area contributed by atoms with Crippen LogP contribution < -0.4 is 10.0 Å². The summed E-state index contributed by atoms with van der Waals surface area (Å²) in [6, 6.07) is 22.5. The second-order valence-corrected chi connectivity index (χ2v) is 8.88. The number of hydrogen-bond donors (Lipinski definition) is 2. The normalized spacial score (nSPS) is 12.2. The molecule has 0 aliphatic carbocycles. The summed E-state index contributed by atoms with van der Waals surface area (Å²) >= 11 is 0. The van der Waals surface area contributed by atoms with Gasteiger partial charge in [-0.1, -0.05) is 60.2 Å². The fraction of sp³-hybridized carbons (Fsp3) is 0.174. The molecule has 0 heterocycles. The highest BCUT2D eigenvalue weighted by molar-refractivity contribution is 7.92. The molecule has 0 aromatic heterocycles. The number of amides is 1. The lowest BCUT2D eigenvalue weighted by molar-refractivity contribution is 0.0943. The minimum absolute atomic E-state index is 0.228. The first-order chi connectivity index (χ1) is 13.7. The fourth-order valence-corrected chi connectivity index (χ4v) is 3.73. The maximum absolute atomic E-state index is 13.0. The first kappa shape index (κ1) is 20.6. The van der Waals surface area contributed by atoms with Crippen LogP contribution in [-0.4, -0.2) is 20.6 Å². The molecule has 0 unspecified atom stereocenters. The van der Waals surface area contributed by atoms with E-state index in [0.29, 0.717) is 16.8 Å². The van der Waals surface area contributed by atoms with E-state index < -0.39 is 10.0 Å². The number of hydrogen-bond acceptors (Lipinski definition) is 3. The number of rotatable bonds is 6. The van der Waals surface area contributed by atoms with Crippen LogP contribution in [0.5, 0.6) is 0 Å². The summed E-state index contributed by atoms with van der Waals surface area (Å²) in [5, 5.41) is 3.10. The highest BCUT2D eigenvalue weighted by Crippen LogP contribution is 2.24. The molecular formula is C23H24N2O3S. The molecule has 0 spiro atoms. The second kappa shape index (κ2) is 8.49. The topological polar surface area (TPSA) is 75.3 Å². The van der Waals surface area contributed by atoms with Crippen LogP contribution in [0.4, 0.5) is 5.69 Å². The standard InChI is InChI=1S/C23H24N2O3S/c1-16-9-11-19(12-10-16)22(18-7-5-4-6-8-18)24-23(26)20-13-14-21(17(2)15-20)25-29(3,27)28/h4-15,22,25H,1-3H3,(H,24,26)/t22-/m0/s1. The minimum Gasteiger partial charge on any atom is -0.341 e. The summed E-state index contributed by atoms with van der Waals surface area (Å²) in [4.78, 5) is 13.0. The largest absolute Gasteiger partial charge is 0.341 e. The van der Waals surface area contributed by atoms with Gasteiger partial charge in [0.15, 0.2) is 0 Å². The van der Waals surface area contributed by atoms with Crippen molar-refractivity contribution in [2.75, 3.05) is 11.0 Å². The molecule has 0 fully saturated rings. The molecule has 0 bridgehead atoms. The summed E-state index contributed by atoms with van der Waals surface area (Å²) in [6.07, 6.45) is 1.10. The monoisotopic (exact) mass is 408 g/mol. The zero-order chi connectivity index (χ0) is 21.0. The van der Waals surface area contributed by atoms with E-state index >= 15 is 0 Å². The summed E-state index contributed by atoms with van der Waals surface area (Å²) in [7, 11) is -3.38. The predicted octanol–water partition coefficient (Wildman–Crippen LogP) is 4.19. The number of carbonyl (C=O) groups is 1. The first-order valence-electron chi connectivity index (χ1n) is 9.24. The van der Waals surface area contributed by atoms with Gasteiger partial charge in [-0.2, -0.15) is 0 Å². The van der Waals surface area contributed by atoms with Gasteiger partial charge in [0, 0.05) is 5.56 Å². The van der Waals surface area contributed by atoms with E-state index in [9.17, 15) is 13.2 Å². The van der Waals surface area contributed by atoms with E-state index in [2.05, 4.69) is 10.0 Å². The van der Waals surface area contributed by atoms with E-state index in [1.54, 1.807) is 25.1 Å². The number of benzene rings is 3. The van der Waals surface area contributed by atoms with Crippen LogP contribution in [0.3, 0.4) is 0 Å². The molecule has 1 atom stereocenters. The maximum atomic E-state index is 13.0. The van der Waals surface area contributed by atoms with Gasteiger partial charge < -0.3 is 5.32 Å². The third-order valence-electron chi connectivity index (χ3n) is 4.60. The highest BCUT2D eigenvalue weighted by atomic mass is 32.2. The Morgan fingerprint density at radius 2 is 1.48 bits per heavy atom. The maximum Gasteiger partial charge on any atom is 0.252 e. The van der Waals surface area contributed by atoms with Gasteiger partial charge in [-0.25, -0.2) is 8.42 Å². The van der Waals surface area contributed by atoms with Crippen molar-refractivity contribution in [3.63, 3.8) is 0 Å². The number of nitrogens with one attached hydrogen (secondary N) is 2. The van der Waals surface area contributed by atoms with Crippen molar-refractivity contribution in [1.29, 1.82) is 0 Å². The molecule has 0 aliphatic rings. The molecular weight excluding hydrogens is 384 g/mol. The van der Waals surface area contributed by atoms with Gasteiger partial charge in [-0.3, -0.25) is 9.52 Å². The van der Waals surface area contributed by atoms with Crippen molar-refractivity contribution in [2.45, 2.75) is 19.9 Å². The van der Waals surface area contributed by atoms with Crippen molar-refractivity contribution >= 4 is 21.6 Å². The Bertz CT molecular complexity index is 1110. The van der Waals surface area contributed by atoms with Crippen LogP contribution >= 0.6 is 0 Å².